The lowest BCUT2D eigenvalue weighted by atomic mass is 10.0. The molecule has 1 aliphatic heterocycles. The Hall–Kier alpha value is -0.690. The second kappa shape index (κ2) is 7.68. The van der Waals surface area contributed by atoms with E-state index in [0.29, 0.717) is 0 Å². The number of amides is 1. The Morgan fingerprint density at radius 3 is 1.94 bits per heavy atom. The van der Waals surface area contributed by atoms with Crippen LogP contribution < -0.4 is 5.32 Å². The zero-order valence-electron chi connectivity index (χ0n) is 10.8. The number of aliphatic hydroxyl groups excluding tert-OH is 3. The molecule has 0 bridgehead atoms. The fourth-order valence-corrected chi connectivity index (χ4v) is 2.01. The molecule has 0 radical (unpaired) electrons. The highest BCUT2D eigenvalue weighted by atomic mass is 16.3. The summed E-state index contributed by atoms with van der Waals surface area (Å²) in [6.07, 6.45) is 4.36. The molecule has 1 rings (SSSR count). The van der Waals surface area contributed by atoms with Gasteiger partial charge in [-0.3, -0.25) is 10.1 Å². The van der Waals surface area contributed by atoms with Crippen LogP contribution in [-0.4, -0.2) is 71.1 Å². The van der Waals surface area contributed by atoms with Crippen molar-refractivity contribution in [3.63, 3.8) is 0 Å². The van der Waals surface area contributed by atoms with Gasteiger partial charge in [0.1, 0.15) is 0 Å². The van der Waals surface area contributed by atoms with Crippen LogP contribution in [0.5, 0.6) is 0 Å². The smallest absolute Gasteiger partial charge is 0.236 e. The third-order valence-corrected chi connectivity index (χ3v) is 3.48. The molecule has 0 aromatic heterocycles. The Labute approximate surface area is 108 Å². The normalized spacial score (nSPS) is 17.6. The molecule has 1 fully saturated rings. The Morgan fingerprint density at radius 2 is 1.50 bits per heavy atom. The van der Waals surface area contributed by atoms with Crippen LogP contribution in [0.2, 0.25) is 0 Å². The molecule has 1 aliphatic rings. The van der Waals surface area contributed by atoms with E-state index in [4.69, 9.17) is 15.3 Å². The molecule has 0 aliphatic carbocycles. The highest BCUT2D eigenvalue weighted by Gasteiger charge is 2.28. The van der Waals surface area contributed by atoms with Crippen LogP contribution in [-0.2, 0) is 4.79 Å². The van der Waals surface area contributed by atoms with Crippen LogP contribution in [0.3, 0.4) is 0 Å². The summed E-state index contributed by atoms with van der Waals surface area (Å²) < 4.78 is 0. The molecule has 0 atom stereocenters. The van der Waals surface area contributed by atoms with Gasteiger partial charge in [0.05, 0.1) is 31.9 Å². The Bertz CT molecular complexity index is 240. The summed E-state index contributed by atoms with van der Waals surface area (Å²) in [6.45, 7) is 0.339. The van der Waals surface area contributed by atoms with Crippen LogP contribution in [0.25, 0.3) is 0 Å². The zero-order valence-corrected chi connectivity index (χ0v) is 10.8. The van der Waals surface area contributed by atoms with Crippen LogP contribution in [0, 0.1) is 0 Å². The van der Waals surface area contributed by atoms with Crippen molar-refractivity contribution in [1.29, 1.82) is 0 Å². The Kier molecular flexibility index (Phi) is 6.56. The van der Waals surface area contributed by atoms with Crippen LogP contribution in [0.15, 0.2) is 0 Å². The molecular formula is C12H24N2O4. The summed E-state index contributed by atoms with van der Waals surface area (Å²) in [5.41, 5.74) is -1.18. The zero-order chi connectivity index (χ0) is 13.4. The van der Waals surface area contributed by atoms with Gasteiger partial charge in [0.25, 0.3) is 0 Å². The maximum absolute atomic E-state index is 12.0. The van der Waals surface area contributed by atoms with Crippen LogP contribution >= 0.6 is 0 Å². The standard InChI is InChI=1S/C12H24N2O4/c15-8-12(9-16,10-17)13-7-11(18)14-5-3-1-2-4-6-14/h13,15-17H,1-10H2. The maximum atomic E-state index is 12.0. The van der Waals surface area contributed by atoms with Crippen molar-refractivity contribution in [1.82, 2.24) is 10.2 Å². The molecule has 0 saturated carbocycles. The maximum Gasteiger partial charge on any atom is 0.236 e. The van der Waals surface area contributed by atoms with Gasteiger partial charge in [0.2, 0.25) is 5.91 Å². The second-order valence-corrected chi connectivity index (χ2v) is 4.90. The Balaban J connectivity index is 2.43. The van der Waals surface area contributed by atoms with Gasteiger partial charge in [-0.2, -0.15) is 0 Å². The number of likely N-dealkylation sites (tertiary alicyclic amines) is 1. The van der Waals surface area contributed by atoms with E-state index in [2.05, 4.69) is 5.32 Å². The van der Waals surface area contributed by atoms with Crippen molar-refractivity contribution >= 4 is 5.91 Å². The molecule has 0 aromatic carbocycles. The van der Waals surface area contributed by atoms with Crippen molar-refractivity contribution in [2.45, 2.75) is 31.2 Å². The first-order valence-electron chi connectivity index (χ1n) is 6.53. The van der Waals surface area contributed by atoms with Gasteiger partial charge in [-0.15, -0.1) is 0 Å². The van der Waals surface area contributed by atoms with E-state index in [0.717, 1.165) is 38.8 Å². The summed E-state index contributed by atoms with van der Waals surface area (Å²) in [7, 11) is 0. The van der Waals surface area contributed by atoms with Gasteiger partial charge in [-0.1, -0.05) is 12.8 Å². The molecule has 1 amide bonds. The number of hydrogen-bond acceptors (Lipinski definition) is 5. The topological polar surface area (TPSA) is 93.0 Å². The quantitative estimate of drug-likeness (QED) is 0.476. The van der Waals surface area contributed by atoms with Gasteiger partial charge < -0.3 is 20.2 Å². The fourth-order valence-electron chi connectivity index (χ4n) is 2.01. The lowest BCUT2D eigenvalue weighted by Gasteiger charge is -2.30. The summed E-state index contributed by atoms with van der Waals surface area (Å²) in [5.74, 6) is -0.0448. The minimum atomic E-state index is -1.18. The van der Waals surface area contributed by atoms with Crippen molar-refractivity contribution in [3.8, 4) is 0 Å². The fraction of sp³-hybridized carbons (Fsp3) is 0.917. The highest BCUT2D eigenvalue weighted by molar-refractivity contribution is 5.78. The summed E-state index contributed by atoms with van der Waals surface area (Å²) in [5, 5.41) is 30.2. The van der Waals surface area contributed by atoms with Crippen LogP contribution in [0.4, 0.5) is 0 Å². The van der Waals surface area contributed by atoms with Gasteiger partial charge in [0, 0.05) is 13.1 Å². The van der Waals surface area contributed by atoms with Gasteiger partial charge in [-0.05, 0) is 12.8 Å². The number of nitrogens with one attached hydrogen (secondary N) is 1. The molecule has 4 N–H and O–H groups in total. The average Bonchev–Trinajstić information content (AvgIpc) is 2.69. The largest absolute Gasteiger partial charge is 0.394 e. The summed E-state index contributed by atoms with van der Waals surface area (Å²) >= 11 is 0. The van der Waals surface area contributed by atoms with E-state index in [9.17, 15) is 4.79 Å². The third kappa shape index (κ3) is 4.20. The molecule has 6 nitrogen and oxygen atoms in total. The molecule has 0 unspecified atom stereocenters. The van der Waals surface area contributed by atoms with Crippen molar-refractivity contribution in [2.75, 3.05) is 39.5 Å². The summed E-state index contributed by atoms with van der Waals surface area (Å²) in [6, 6.07) is 0. The van der Waals surface area contributed by atoms with Gasteiger partial charge in [0.15, 0.2) is 0 Å². The lowest BCUT2D eigenvalue weighted by Crippen LogP contribution is -2.57. The number of carbonyl (C=O) groups excluding carboxylic acids is 1. The van der Waals surface area contributed by atoms with E-state index in [1.54, 1.807) is 4.90 Å². The van der Waals surface area contributed by atoms with Crippen molar-refractivity contribution in [3.05, 3.63) is 0 Å². The Morgan fingerprint density at radius 1 is 1.00 bits per heavy atom. The molecule has 1 saturated heterocycles. The molecule has 0 aromatic rings. The number of hydrogen-bond donors (Lipinski definition) is 4. The molecule has 106 valence electrons. The van der Waals surface area contributed by atoms with E-state index < -0.39 is 25.4 Å². The molecule has 1 heterocycles. The minimum Gasteiger partial charge on any atom is -0.394 e. The number of aliphatic hydroxyl groups is 3. The monoisotopic (exact) mass is 260 g/mol. The van der Waals surface area contributed by atoms with Crippen LogP contribution in [0.1, 0.15) is 25.7 Å². The van der Waals surface area contributed by atoms with E-state index in [-0.39, 0.29) is 12.5 Å². The van der Waals surface area contributed by atoms with E-state index >= 15 is 0 Å². The van der Waals surface area contributed by atoms with Gasteiger partial charge in [-0.25, -0.2) is 0 Å². The second-order valence-electron chi connectivity index (χ2n) is 4.90. The van der Waals surface area contributed by atoms with Crippen molar-refractivity contribution in [2.24, 2.45) is 0 Å². The lowest BCUT2D eigenvalue weighted by molar-refractivity contribution is -0.131. The predicted octanol–water partition coefficient (Wildman–Crippen LogP) is -1.31. The van der Waals surface area contributed by atoms with E-state index in [1.165, 1.54) is 0 Å². The first-order chi connectivity index (χ1) is 8.67. The first kappa shape index (κ1) is 15.4. The van der Waals surface area contributed by atoms with Crippen molar-refractivity contribution < 1.29 is 20.1 Å². The van der Waals surface area contributed by atoms with Gasteiger partial charge >= 0.3 is 0 Å². The average molecular weight is 260 g/mol. The molecule has 0 spiro atoms. The predicted molar refractivity (Wildman–Crippen MR) is 67.0 cm³/mol. The molecule has 18 heavy (non-hydrogen) atoms. The third-order valence-electron chi connectivity index (χ3n) is 3.48. The summed E-state index contributed by atoms with van der Waals surface area (Å²) in [4.78, 5) is 13.8. The minimum absolute atomic E-state index is 0.0294. The number of carbonyl (C=O) groups is 1. The van der Waals surface area contributed by atoms with E-state index in [1.807, 2.05) is 0 Å². The SMILES string of the molecule is O=C(CNC(CO)(CO)CO)N1CCCCCC1. The molecule has 6 heteroatoms. The molecular weight excluding hydrogens is 236 g/mol. The number of nitrogens with zero attached hydrogens (tertiary/aromatic N) is 1. The number of rotatable bonds is 6. The first-order valence-corrected chi connectivity index (χ1v) is 6.53. The highest BCUT2D eigenvalue weighted by Crippen LogP contribution is 2.10.